The quantitative estimate of drug-likeness (QED) is 0.765. The summed E-state index contributed by atoms with van der Waals surface area (Å²) in [6, 6.07) is 2.85. The summed E-state index contributed by atoms with van der Waals surface area (Å²) in [5.74, 6) is -1.38. The Morgan fingerprint density at radius 3 is 2.72 bits per heavy atom. The molecule has 1 rings (SSSR count). The van der Waals surface area contributed by atoms with Crippen LogP contribution in [0.3, 0.4) is 0 Å². The number of rotatable bonds is 7. The standard InChI is InChI=1S/C12H17NO4S/c1-2-3-4-8-18(16,17)9-11-10(12(14)15)6-5-7-13-11/h5-7H,2-4,8-9H2,1H3,(H,14,15). The summed E-state index contributed by atoms with van der Waals surface area (Å²) >= 11 is 0. The van der Waals surface area contributed by atoms with Crippen molar-refractivity contribution in [3.05, 3.63) is 29.6 Å². The van der Waals surface area contributed by atoms with Gasteiger partial charge in [0.25, 0.3) is 0 Å². The van der Waals surface area contributed by atoms with Crippen LogP contribution in [0, 0.1) is 0 Å². The Hall–Kier alpha value is -1.43. The van der Waals surface area contributed by atoms with E-state index in [0.29, 0.717) is 6.42 Å². The zero-order valence-corrected chi connectivity index (χ0v) is 11.1. The van der Waals surface area contributed by atoms with E-state index in [1.807, 2.05) is 6.92 Å². The molecule has 0 aromatic carbocycles. The molecule has 0 fully saturated rings. The van der Waals surface area contributed by atoms with Gasteiger partial charge in [-0.25, -0.2) is 13.2 Å². The Labute approximate surface area is 107 Å². The zero-order chi connectivity index (χ0) is 13.6. The van der Waals surface area contributed by atoms with Gasteiger partial charge in [-0.05, 0) is 18.6 Å². The van der Waals surface area contributed by atoms with Crippen molar-refractivity contribution in [2.45, 2.75) is 31.9 Å². The minimum atomic E-state index is -3.29. The first-order valence-electron chi connectivity index (χ1n) is 5.84. The molecule has 0 aliphatic rings. The molecule has 100 valence electrons. The van der Waals surface area contributed by atoms with Gasteiger partial charge in [-0.1, -0.05) is 19.8 Å². The fourth-order valence-electron chi connectivity index (χ4n) is 1.60. The van der Waals surface area contributed by atoms with Crippen LogP contribution in [0.5, 0.6) is 0 Å². The highest BCUT2D eigenvalue weighted by Crippen LogP contribution is 2.11. The number of sulfone groups is 1. The molecule has 0 bridgehead atoms. The van der Waals surface area contributed by atoms with E-state index in [4.69, 9.17) is 5.11 Å². The maximum absolute atomic E-state index is 11.8. The van der Waals surface area contributed by atoms with E-state index in [1.165, 1.54) is 18.3 Å². The van der Waals surface area contributed by atoms with Gasteiger partial charge in [0.1, 0.15) is 0 Å². The molecular formula is C12H17NO4S. The largest absolute Gasteiger partial charge is 0.478 e. The van der Waals surface area contributed by atoms with Gasteiger partial charge in [-0.2, -0.15) is 0 Å². The smallest absolute Gasteiger partial charge is 0.337 e. The van der Waals surface area contributed by atoms with E-state index in [2.05, 4.69) is 4.98 Å². The number of carbonyl (C=O) groups is 1. The third-order valence-electron chi connectivity index (χ3n) is 2.54. The minimum absolute atomic E-state index is 0.0448. The average Bonchev–Trinajstić information content (AvgIpc) is 2.29. The van der Waals surface area contributed by atoms with E-state index >= 15 is 0 Å². The SMILES string of the molecule is CCCCCS(=O)(=O)Cc1ncccc1C(=O)O. The van der Waals surface area contributed by atoms with Crippen LogP contribution in [0.4, 0.5) is 0 Å². The molecule has 0 radical (unpaired) electrons. The molecule has 0 saturated carbocycles. The lowest BCUT2D eigenvalue weighted by Crippen LogP contribution is -2.14. The second-order valence-corrected chi connectivity index (χ2v) is 6.29. The lowest BCUT2D eigenvalue weighted by Gasteiger charge is -2.06. The molecule has 0 aliphatic heterocycles. The van der Waals surface area contributed by atoms with Crippen LogP contribution in [0.2, 0.25) is 0 Å². The van der Waals surface area contributed by atoms with Crippen molar-refractivity contribution in [2.75, 3.05) is 5.75 Å². The lowest BCUT2D eigenvalue weighted by molar-refractivity contribution is 0.0695. The number of carboxylic acids is 1. The molecule has 6 heteroatoms. The molecule has 1 aromatic rings. The molecule has 18 heavy (non-hydrogen) atoms. The molecule has 0 spiro atoms. The number of nitrogens with zero attached hydrogens (tertiary/aromatic N) is 1. The van der Waals surface area contributed by atoms with Gasteiger partial charge in [-0.3, -0.25) is 4.98 Å². The monoisotopic (exact) mass is 271 g/mol. The highest BCUT2D eigenvalue weighted by atomic mass is 32.2. The molecule has 0 atom stereocenters. The normalized spacial score (nSPS) is 11.4. The van der Waals surface area contributed by atoms with Crippen molar-refractivity contribution in [3.63, 3.8) is 0 Å². The highest BCUT2D eigenvalue weighted by Gasteiger charge is 2.18. The van der Waals surface area contributed by atoms with Gasteiger partial charge >= 0.3 is 5.97 Å². The van der Waals surface area contributed by atoms with Crippen LogP contribution < -0.4 is 0 Å². The van der Waals surface area contributed by atoms with Gasteiger partial charge in [0, 0.05) is 6.20 Å². The molecular weight excluding hydrogens is 254 g/mol. The topological polar surface area (TPSA) is 84.3 Å². The summed E-state index contributed by atoms with van der Waals surface area (Å²) in [5.41, 5.74) is 0.0677. The molecule has 5 nitrogen and oxygen atoms in total. The summed E-state index contributed by atoms with van der Waals surface area (Å²) in [4.78, 5) is 14.8. The fraction of sp³-hybridized carbons (Fsp3) is 0.500. The van der Waals surface area contributed by atoms with Gasteiger partial charge in [0.2, 0.25) is 0 Å². The first kappa shape index (κ1) is 14.6. The summed E-state index contributed by atoms with van der Waals surface area (Å²) in [7, 11) is -3.29. The van der Waals surface area contributed by atoms with Crippen LogP contribution in [0.15, 0.2) is 18.3 Å². The highest BCUT2D eigenvalue weighted by molar-refractivity contribution is 7.90. The Balaban J connectivity index is 2.81. The van der Waals surface area contributed by atoms with Gasteiger partial charge in [0.15, 0.2) is 9.84 Å². The number of hydrogen-bond donors (Lipinski definition) is 1. The van der Waals surface area contributed by atoms with Crippen LogP contribution in [0.1, 0.15) is 42.2 Å². The molecule has 1 aromatic heterocycles. The summed E-state index contributed by atoms with van der Waals surface area (Å²) in [6.45, 7) is 1.99. The van der Waals surface area contributed by atoms with Gasteiger partial charge in [0.05, 0.1) is 22.8 Å². The van der Waals surface area contributed by atoms with Gasteiger partial charge < -0.3 is 5.11 Å². The van der Waals surface area contributed by atoms with Crippen molar-refractivity contribution >= 4 is 15.8 Å². The third kappa shape index (κ3) is 4.44. The van der Waals surface area contributed by atoms with Crippen molar-refractivity contribution in [1.82, 2.24) is 4.98 Å². The molecule has 1 N–H and O–H groups in total. The van der Waals surface area contributed by atoms with Crippen molar-refractivity contribution in [1.29, 1.82) is 0 Å². The average molecular weight is 271 g/mol. The number of carboxylic acid groups (broad SMARTS) is 1. The van der Waals surface area contributed by atoms with E-state index in [1.54, 1.807) is 0 Å². The van der Waals surface area contributed by atoms with E-state index in [-0.39, 0.29) is 22.8 Å². The number of pyridine rings is 1. The number of aromatic nitrogens is 1. The van der Waals surface area contributed by atoms with Crippen LogP contribution in [-0.2, 0) is 15.6 Å². The third-order valence-corrected chi connectivity index (χ3v) is 4.16. The molecule has 0 unspecified atom stereocenters. The number of hydrogen-bond acceptors (Lipinski definition) is 4. The predicted octanol–water partition coefficient (Wildman–Crippen LogP) is 1.88. The molecule has 0 aliphatic carbocycles. The molecule has 0 amide bonds. The fourth-order valence-corrected chi connectivity index (χ4v) is 3.04. The zero-order valence-electron chi connectivity index (χ0n) is 10.3. The predicted molar refractivity (Wildman–Crippen MR) is 68.2 cm³/mol. The van der Waals surface area contributed by atoms with Crippen molar-refractivity contribution in [3.8, 4) is 0 Å². The molecule has 1 heterocycles. The Kier molecular flexibility index (Phi) is 5.27. The number of unbranched alkanes of at least 4 members (excludes halogenated alkanes) is 2. The number of aromatic carboxylic acids is 1. The van der Waals surface area contributed by atoms with E-state index < -0.39 is 15.8 Å². The first-order chi connectivity index (χ1) is 8.46. The van der Waals surface area contributed by atoms with Crippen LogP contribution >= 0.6 is 0 Å². The Bertz CT molecular complexity index is 511. The van der Waals surface area contributed by atoms with Crippen LogP contribution in [0.25, 0.3) is 0 Å². The lowest BCUT2D eigenvalue weighted by atomic mass is 10.2. The van der Waals surface area contributed by atoms with Crippen molar-refractivity contribution < 1.29 is 18.3 Å². The maximum atomic E-state index is 11.8. The minimum Gasteiger partial charge on any atom is -0.478 e. The molecule has 0 saturated heterocycles. The second kappa shape index (κ2) is 6.49. The van der Waals surface area contributed by atoms with Gasteiger partial charge in [-0.15, -0.1) is 0 Å². The maximum Gasteiger partial charge on any atom is 0.337 e. The summed E-state index contributed by atoms with van der Waals surface area (Å²) in [6.07, 6.45) is 3.81. The first-order valence-corrected chi connectivity index (χ1v) is 7.66. The van der Waals surface area contributed by atoms with Crippen molar-refractivity contribution in [2.24, 2.45) is 0 Å². The Morgan fingerprint density at radius 2 is 2.11 bits per heavy atom. The van der Waals surface area contributed by atoms with E-state index in [0.717, 1.165) is 12.8 Å². The van der Waals surface area contributed by atoms with Crippen LogP contribution in [-0.4, -0.2) is 30.2 Å². The second-order valence-electron chi connectivity index (χ2n) is 4.10. The summed E-state index contributed by atoms with van der Waals surface area (Å²) < 4.78 is 23.6. The van der Waals surface area contributed by atoms with E-state index in [9.17, 15) is 13.2 Å². The Morgan fingerprint density at radius 1 is 1.39 bits per heavy atom. The summed E-state index contributed by atoms with van der Waals surface area (Å²) in [5, 5.41) is 8.94.